The summed E-state index contributed by atoms with van der Waals surface area (Å²) in [4.78, 5) is 26.5. The molecule has 0 aromatic heterocycles. The summed E-state index contributed by atoms with van der Waals surface area (Å²) >= 11 is 0. The zero-order valence-electron chi connectivity index (χ0n) is 14.3. The van der Waals surface area contributed by atoms with Crippen LogP contribution in [0, 0.1) is 0 Å². The maximum atomic E-state index is 12.6. The third kappa shape index (κ3) is 5.70. The van der Waals surface area contributed by atoms with Gasteiger partial charge in [-0.05, 0) is 18.4 Å². The molecule has 3 rings (SSSR count). The van der Waals surface area contributed by atoms with Crippen molar-refractivity contribution in [1.82, 2.24) is 15.5 Å². The summed E-state index contributed by atoms with van der Waals surface area (Å²) in [5, 5.41) is 6.04. The summed E-state index contributed by atoms with van der Waals surface area (Å²) in [6.45, 7) is 3.31. The van der Waals surface area contributed by atoms with Crippen LogP contribution in [0.2, 0.25) is 0 Å². The van der Waals surface area contributed by atoms with Crippen molar-refractivity contribution in [2.24, 2.45) is 0 Å². The zero-order valence-corrected chi connectivity index (χ0v) is 15.1. The molecule has 2 aliphatic rings. The second-order valence-corrected chi connectivity index (χ2v) is 6.39. The van der Waals surface area contributed by atoms with Gasteiger partial charge in [0.05, 0.1) is 18.6 Å². The second kappa shape index (κ2) is 9.75. The fraction of sp³-hybridized carbons (Fsp3) is 0.556. The lowest BCUT2D eigenvalue weighted by atomic mass is 10.1. The van der Waals surface area contributed by atoms with Crippen LogP contribution in [0.25, 0.3) is 0 Å². The summed E-state index contributed by atoms with van der Waals surface area (Å²) in [5.74, 6) is -0.102. The van der Waals surface area contributed by atoms with Gasteiger partial charge in [0.2, 0.25) is 11.8 Å². The molecule has 2 unspecified atom stereocenters. The third-order valence-electron chi connectivity index (χ3n) is 4.55. The third-order valence-corrected chi connectivity index (χ3v) is 4.55. The smallest absolute Gasteiger partial charge is 0.240 e. The Labute approximate surface area is 154 Å². The molecule has 2 saturated heterocycles. The molecule has 2 N–H and O–H groups in total. The van der Waals surface area contributed by atoms with Gasteiger partial charge in [0.25, 0.3) is 0 Å². The Kier molecular flexibility index (Phi) is 7.68. The minimum Gasteiger partial charge on any atom is -0.376 e. The number of hydrogen-bond acceptors (Lipinski definition) is 4. The van der Waals surface area contributed by atoms with Gasteiger partial charge in [-0.25, -0.2) is 0 Å². The molecule has 6 nitrogen and oxygen atoms in total. The molecule has 0 aliphatic carbocycles. The standard InChI is InChI=1S/C18H25N3O3.ClH/c22-17(20-12-14-5-2-1-3-6-14)11-16-18(23)21(9-8-19-16)13-15-7-4-10-24-15;/h1-3,5-6,15-16,19H,4,7-13H2,(H,20,22);1H. The van der Waals surface area contributed by atoms with E-state index >= 15 is 0 Å². The molecule has 7 heteroatoms. The summed E-state index contributed by atoms with van der Waals surface area (Å²) < 4.78 is 5.61. The molecule has 2 heterocycles. The largest absolute Gasteiger partial charge is 0.376 e. The predicted molar refractivity (Wildman–Crippen MR) is 97.5 cm³/mol. The van der Waals surface area contributed by atoms with Gasteiger partial charge in [-0.1, -0.05) is 30.3 Å². The summed E-state index contributed by atoms with van der Waals surface area (Å²) in [6, 6.07) is 9.32. The first kappa shape index (κ1) is 19.7. The van der Waals surface area contributed by atoms with Crippen molar-refractivity contribution < 1.29 is 14.3 Å². The van der Waals surface area contributed by atoms with Crippen molar-refractivity contribution in [2.75, 3.05) is 26.2 Å². The molecule has 1 aromatic carbocycles. The molecule has 2 amide bonds. The fourth-order valence-electron chi connectivity index (χ4n) is 3.22. The SMILES string of the molecule is Cl.O=C(CC1NCCN(CC2CCCO2)C1=O)NCc1ccccc1. The van der Waals surface area contributed by atoms with Crippen molar-refractivity contribution in [3.8, 4) is 0 Å². The normalized spacial score (nSPS) is 23.2. The van der Waals surface area contributed by atoms with Crippen LogP contribution in [-0.2, 0) is 20.9 Å². The molecule has 25 heavy (non-hydrogen) atoms. The molecule has 2 fully saturated rings. The molecule has 2 aliphatic heterocycles. The Balaban J connectivity index is 0.00000225. The van der Waals surface area contributed by atoms with Crippen LogP contribution in [0.5, 0.6) is 0 Å². The minimum atomic E-state index is -0.434. The number of piperazine rings is 1. The van der Waals surface area contributed by atoms with E-state index in [1.165, 1.54) is 0 Å². The van der Waals surface area contributed by atoms with Crippen molar-refractivity contribution in [3.63, 3.8) is 0 Å². The highest BCUT2D eigenvalue weighted by Gasteiger charge is 2.32. The van der Waals surface area contributed by atoms with Crippen LogP contribution >= 0.6 is 12.4 Å². The number of nitrogens with one attached hydrogen (secondary N) is 2. The number of hydrogen-bond donors (Lipinski definition) is 2. The summed E-state index contributed by atoms with van der Waals surface area (Å²) in [7, 11) is 0. The van der Waals surface area contributed by atoms with E-state index in [4.69, 9.17) is 4.74 Å². The van der Waals surface area contributed by atoms with Crippen LogP contribution in [0.4, 0.5) is 0 Å². The molecule has 0 bridgehead atoms. The molecular formula is C18H26ClN3O3. The summed E-state index contributed by atoms with van der Waals surface area (Å²) in [6.07, 6.45) is 2.41. The molecular weight excluding hydrogens is 342 g/mol. The molecule has 0 saturated carbocycles. The lowest BCUT2D eigenvalue weighted by Gasteiger charge is -2.34. The van der Waals surface area contributed by atoms with Gasteiger partial charge >= 0.3 is 0 Å². The maximum absolute atomic E-state index is 12.6. The van der Waals surface area contributed by atoms with E-state index in [0.717, 1.165) is 31.6 Å². The highest BCUT2D eigenvalue weighted by Crippen LogP contribution is 2.15. The Hall–Kier alpha value is -1.63. The van der Waals surface area contributed by atoms with E-state index in [-0.39, 0.29) is 36.7 Å². The van der Waals surface area contributed by atoms with Gasteiger partial charge in [-0.15, -0.1) is 12.4 Å². The number of ether oxygens (including phenoxy) is 1. The van der Waals surface area contributed by atoms with Crippen molar-refractivity contribution >= 4 is 24.2 Å². The number of carbonyl (C=O) groups is 2. The van der Waals surface area contributed by atoms with Gasteiger partial charge in [0, 0.05) is 32.8 Å². The predicted octanol–water partition coefficient (Wildman–Crippen LogP) is 1.09. The van der Waals surface area contributed by atoms with Crippen LogP contribution < -0.4 is 10.6 Å². The number of halogens is 1. The second-order valence-electron chi connectivity index (χ2n) is 6.39. The molecule has 2 atom stereocenters. The Morgan fingerprint density at radius 3 is 2.84 bits per heavy atom. The molecule has 0 spiro atoms. The Bertz CT molecular complexity index is 564. The average Bonchev–Trinajstić information content (AvgIpc) is 3.11. The van der Waals surface area contributed by atoms with Crippen molar-refractivity contribution in [3.05, 3.63) is 35.9 Å². The van der Waals surface area contributed by atoms with Crippen LogP contribution in [0.3, 0.4) is 0 Å². The lowest BCUT2D eigenvalue weighted by Crippen LogP contribution is -2.57. The van der Waals surface area contributed by atoms with Gasteiger partial charge in [0.15, 0.2) is 0 Å². The first-order chi connectivity index (χ1) is 11.7. The van der Waals surface area contributed by atoms with E-state index in [1.54, 1.807) is 0 Å². The van der Waals surface area contributed by atoms with Gasteiger partial charge in [-0.2, -0.15) is 0 Å². The number of nitrogens with zero attached hydrogens (tertiary/aromatic N) is 1. The molecule has 138 valence electrons. The minimum absolute atomic E-state index is 0. The number of benzene rings is 1. The summed E-state index contributed by atoms with van der Waals surface area (Å²) in [5.41, 5.74) is 1.05. The lowest BCUT2D eigenvalue weighted by molar-refractivity contribution is -0.139. The number of carbonyl (C=O) groups excluding carboxylic acids is 2. The Morgan fingerprint density at radius 1 is 1.32 bits per heavy atom. The quantitative estimate of drug-likeness (QED) is 0.789. The van der Waals surface area contributed by atoms with E-state index in [1.807, 2.05) is 35.2 Å². The van der Waals surface area contributed by atoms with Crippen LogP contribution in [-0.4, -0.2) is 55.1 Å². The topological polar surface area (TPSA) is 70.7 Å². The Morgan fingerprint density at radius 2 is 2.12 bits per heavy atom. The average molecular weight is 368 g/mol. The molecule has 0 radical (unpaired) electrons. The van der Waals surface area contributed by atoms with Crippen LogP contribution in [0.15, 0.2) is 30.3 Å². The fourth-order valence-corrected chi connectivity index (χ4v) is 3.22. The van der Waals surface area contributed by atoms with Crippen molar-refractivity contribution in [2.45, 2.75) is 38.0 Å². The highest BCUT2D eigenvalue weighted by atomic mass is 35.5. The van der Waals surface area contributed by atoms with Gasteiger partial charge < -0.3 is 20.3 Å². The number of rotatable bonds is 6. The monoisotopic (exact) mass is 367 g/mol. The first-order valence-electron chi connectivity index (χ1n) is 8.67. The molecule has 1 aromatic rings. The number of amides is 2. The zero-order chi connectivity index (χ0) is 16.8. The van der Waals surface area contributed by atoms with E-state index < -0.39 is 6.04 Å². The van der Waals surface area contributed by atoms with Crippen LogP contribution in [0.1, 0.15) is 24.8 Å². The van der Waals surface area contributed by atoms with E-state index in [9.17, 15) is 9.59 Å². The van der Waals surface area contributed by atoms with Crippen molar-refractivity contribution in [1.29, 1.82) is 0 Å². The van der Waals surface area contributed by atoms with Gasteiger partial charge in [-0.3, -0.25) is 9.59 Å². The first-order valence-corrected chi connectivity index (χ1v) is 8.67. The van der Waals surface area contributed by atoms with Gasteiger partial charge in [0.1, 0.15) is 0 Å². The highest BCUT2D eigenvalue weighted by molar-refractivity contribution is 5.89. The van der Waals surface area contributed by atoms with E-state index in [2.05, 4.69) is 10.6 Å². The van der Waals surface area contributed by atoms with E-state index in [0.29, 0.717) is 19.6 Å². The maximum Gasteiger partial charge on any atom is 0.240 e.